The number of aliphatic hydroxyl groups excluding tert-OH is 2. The highest BCUT2D eigenvalue weighted by Gasteiger charge is 2.12. The van der Waals surface area contributed by atoms with Gasteiger partial charge in [0.1, 0.15) is 36.4 Å². The summed E-state index contributed by atoms with van der Waals surface area (Å²) in [4.78, 5) is 11.5. The van der Waals surface area contributed by atoms with Crippen molar-refractivity contribution in [1.29, 1.82) is 5.26 Å². The molecule has 0 heterocycles. The summed E-state index contributed by atoms with van der Waals surface area (Å²) in [6.07, 6.45) is 1.31. The summed E-state index contributed by atoms with van der Waals surface area (Å²) in [7, 11) is 1.18. The van der Waals surface area contributed by atoms with Gasteiger partial charge in [0.2, 0.25) is 0 Å². The average Bonchev–Trinajstić information content (AvgIpc) is 2.55. The normalized spacial score (nSPS) is 10.7. The van der Waals surface area contributed by atoms with E-state index in [1.165, 1.54) is 13.2 Å². The zero-order valence-electron chi connectivity index (χ0n) is 12.1. The highest BCUT2D eigenvalue weighted by molar-refractivity contribution is 5.98. The van der Waals surface area contributed by atoms with Gasteiger partial charge in [-0.3, -0.25) is 0 Å². The first kappa shape index (κ1) is 17.5. The van der Waals surface area contributed by atoms with Crippen LogP contribution >= 0.6 is 0 Å². The maximum absolute atomic E-state index is 11.5. The second kappa shape index (κ2) is 9.39. The maximum atomic E-state index is 11.5. The number of rotatable bonds is 8. The van der Waals surface area contributed by atoms with Crippen LogP contribution < -0.4 is 9.47 Å². The third-order valence-electron chi connectivity index (χ3n) is 2.52. The summed E-state index contributed by atoms with van der Waals surface area (Å²) >= 11 is 0. The Morgan fingerprint density at radius 3 is 2.55 bits per heavy atom. The molecular weight excluding hydrogens is 290 g/mol. The average molecular weight is 307 g/mol. The number of carbonyl (C=O) groups is 1. The van der Waals surface area contributed by atoms with E-state index in [-0.39, 0.29) is 32.0 Å². The standard InChI is InChI=1S/C15H17NO6/c1-20-15(19)12(10-16)8-11-9-13(21-6-4-17)2-3-14(11)22-7-5-18/h2-3,8-9,17-18H,4-7H2,1H3/b12-8+. The van der Waals surface area contributed by atoms with Gasteiger partial charge in [0.05, 0.1) is 20.3 Å². The number of ether oxygens (including phenoxy) is 3. The Morgan fingerprint density at radius 2 is 1.95 bits per heavy atom. The summed E-state index contributed by atoms with van der Waals surface area (Å²) in [5.74, 6) is 0.0538. The first-order chi connectivity index (χ1) is 10.7. The van der Waals surface area contributed by atoms with Crippen molar-refractivity contribution >= 4 is 12.0 Å². The first-order valence-electron chi connectivity index (χ1n) is 6.47. The molecule has 0 spiro atoms. The number of carbonyl (C=O) groups excluding carboxylic acids is 1. The summed E-state index contributed by atoms with van der Waals surface area (Å²) < 4.78 is 15.1. The Morgan fingerprint density at radius 1 is 1.27 bits per heavy atom. The van der Waals surface area contributed by atoms with Gasteiger partial charge in [-0.15, -0.1) is 0 Å². The maximum Gasteiger partial charge on any atom is 0.348 e. The number of hydrogen-bond donors (Lipinski definition) is 2. The van der Waals surface area contributed by atoms with Crippen LogP contribution in [-0.2, 0) is 9.53 Å². The van der Waals surface area contributed by atoms with Gasteiger partial charge in [-0.25, -0.2) is 4.79 Å². The molecule has 0 aliphatic heterocycles. The molecule has 118 valence electrons. The van der Waals surface area contributed by atoms with Gasteiger partial charge in [0, 0.05) is 5.56 Å². The van der Waals surface area contributed by atoms with Crippen LogP contribution in [0.25, 0.3) is 6.08 Å². The molecule has 7 heteroatoms. The Kier molecular flexibility index (Phi) is 7.47. The first-order valence-corrected chi connectivity index (χ1v) is 6.47. The van der Waals surface area contributed by atoms with Gasteiger partial charge in [-0.2, -0.15) is 5.26 Å². The minimum atomic E-state index is -0.766. The van der Waals surface area contributed by atoms with Crippen LogP contribution in [0.4, 0.5) is 0 Å². The highest BCUT2D eigenvalue weighted by atomic mass is 16.5. The number of aliphatic hydroxyl groups is 2. The fourth-order valence-electron chi connectivity index (χ4n) is 1.58. The second-order valence-electron chi connectivity index (χ2n) is 4.01. The Labute approximate surface area is 128 Å². The molecule has 0 amide bonds. The predicted molar refractivity (Wildman–Crippen MR) is 77.2 cm³/mol. The molecule has 7 nitrogen and oxygen atoms in total. The van der Waals surface area contributed by atoms with Gasteiger partial charge in [-0.05, 0) is 24.3 Å². The lowest BCUT2D eigenvalue weighted by Gasteiger charge is -2.11. The molecule has 1 aromatic carbocycles. The van der Waals surface area contributed by atoms with E-state index in [1.807, 2.05) is 0 Å². The summed E-state index contributed by atoms with van der Waals surface area (Å²) in [5, 5.41) is 26.6. The van der Waals surface area contributed by atoms with Crippen molar-refractivity contribution in [2.24, 2.45) is 0 Å². The van der Waals surface area contributed by atoms with E-state index in [0.29, 0.717) is 17.1 Å². The molecular formula is C15H17NO6. The lowest BCUT2D eigenvalue weighted by atomic mass is 10.1. The molecule has 2 N–H and O–H groups in total. The third-order valence-corrected chi connectivity index (χ3v) is 2.52. The van der Waals surface area contributed by atoms with Crippen LogP contribution in [0.5, 0.6) is 11.5 Å². The minimum Gasteiger partial charge on any atom is -0.491 e. The van der Waals surface area contributed by atoms with Crippen molar-refractivity contribution in [3.8, 4) is 17.6 Å². The van der Waals surface area contributed by atoms with Crippen molar-refractivity contribution < 1.29 is 29.2 Å². The second-order valence-corrected chi connectivity index (χ2v) is 4.01. The molecule has 0 radical (unpaired) electrons. The monoisotopic (exact) mass is 307 g/mol. The molecule has 0 aliphatic rings. The van der Waals surface area contributed by atoms with Crippen molar-refractivity contribution in [2.45, 2.75) is 0 Å². The molecule has 0 saturated heterocycles. The van der Waals surface area contributed by atoms with Gasteiger partial charge < -0.3 is 24.4 Å². The molecule has 1 aromatic rings. The van der Waals surface area contributed by atoms with Gasteiger partial charge in [-0.1, -0.05) is 0 Å². The molecule has 0 aliphatic carbocycles. The molecule has 0 atom stereocenters. The molecule has 0 fully saturated rings. The third kappa shape index (κ3) is 5.09. The van der Waals surface area contributed by atoms with Gasteiger partial charge in [0.25, 0.3) is 0 Å². The van der Waals surface area contributed by atoms with Crippen LogP contribution in [0.15, 0.2) is 23.8 Å². The number of nitriles is 1. The fraction of sp³-hybridized carbons (Fsp3) is 0.333. The van der Waals surface area contributed by atoms with Crippen molar-refractivity contribution in [3.05, 3.63) is 29.3 Å². The SMILES string of the molecule is COC(=O)/C(C#N)=C/c1cc(OCCO)ccc1OCCO. The zero-order chi connectivity index (χ0) is 16.4. The van der Waals surface area contributed by atoms with Gasteiger partial charge >= 0.3 is 5.97 Å². The number of hydrogen-bond acceptors (Lipinski definition) is 7. The number of esters is 1. The molecule has 22 heavy (non-hydrogen) atoms. The van der Waals surface area contributed by atoms with Gasteiger partial charge in [0.15, 0.2) is 0 Å². The van der Waals surface area contributed by atoms with E-state index in [0.717, 1.165) is 0 Å². The van der Waals surface area contributed by atoms with E-state index in [1.54, 1.807) is 24.3 Å². The van der Waals surface area contributed by atoms with Crippen LogP contribution in [0.2, 0.25) is 0 Å². The molecule has 1 rings (SSSR count). The molecule has 0 unspecified atom stereocenters. The number of methoxy groups -OCH3 is 1. The van der Waals surface area contributed by atoms with Crippen molar-refractivity contribution in [2.75, 3.05) is 33.5 Å². The topological polar surface area (TPSA) is 109 Å². The Bertz CT molecular complexity index is 576. The summed E-state index contributed by atoms with van der Waals surface area (Å²) in [6, 6.07) is 6.50. The smallest absolute Gasteiger partial charge is 0.348 e. The van der Waals surface area contributed by atoms with Crippen LogP contribution in [0.1, 0.15) is 5.56 Å². The van der Waals surface area contributed by atoms with Crippen molar-refractivity contribution in [1.82, 2.24) is 0 Å². The van der Waals surface area contributed by atoms with E-state index in [4.69, 9.17) is 24.9 Å². The quantitative estimate of drug-likeness (QED) is 0.409. The van der Waals surface area contributed by atoms with E-state index in [9.17, 15) is 4.79 Å². The lowest BCUT2D eigenvalue weighted by molar-refractivity contribution is -0.135. The van der Waals surface area contributed by atoms with Crippen LogP contribution in [0.3, 0.4) is 0 Å². The molecule has 0 saturated carbocycles. The zero-order valence-corrected chi connectivity index (χ0v) is 12.1. The Hall–Kier alpha value is -2.56. The van der Waals surface area contributed by atoms with Crippen LogP contribution in [-0.4, -0.2) is 49.7 Å². The minimum absolute atomic E-state index is 0.0673. The summed E-state index contributed by atoms with van der Waals surface area (Å²) in [5.41, 5.74) is 0.224. The highest BCUT2D eigenvalue weighted by Crippen LogP contribution is 2.27. The van der Waals surface area contributed by atoms with E-state index >= 15 is 0 Å². The largest absolute Gasteiger partial charge is 0.491 e. The predicted octanol–water partition coefficient (Wildman–Crippen LogP) is 0.509. The molecule has 0 aromatic heterocycles. The van der Waals surface area contributed by atoms with E-state index < -0.39 is 5.97 Å². The van der Waals surface area contributed by atoms with E-state index in [2.05, 4.69) is 4.74 Å². The number of nitrogens with zero attached hydrogens (tertiary/aromatic N) is 1. The lowest BCUT2D eigenvalue weighted by Crippen LogP contribution is -2.06. The van der Waals surface area contributed by atoms with Crippen molar-refractivity contribution in [3.63, 3.8) is 0 Å². The molecule has 0 bridgehead atoms. The van der Waals surface area contributed by atoms with Crippen LogP contribution in [0, 0.1) is 11.3 Å². The number of benzene rings is 1. The summed E-state index contributed by atoms with van der Waals surface area (Å²) in [6.45, 7) is -0.131. The fourth-order valence-corrected chi connectivity index (χ4v) is 1.58. The Balaban J connectivity index is 3.17.